The van der Waals surface area contributed by atoms with Crippen molar-refractivity contribution in [3.8, 4) is 0 Å². The molecule has 7 nitrogen and oxygen atoms in total. The number of nitrogens with one attached hydrogen (secondary N) is 1. The fourth-order valence-electron chi connectivity index (χ4n) is 3.34. The summed E-state index contributed by atoms with van der Waals surface area (Å²) in [5.74, 6) is 0.451. The number of nitrogens with zero attached hydrogens (tertiary/aromatic N) is 5. The van der Waals surface area contributed by atoms with Gasteiger partial charge in [-0.3, -0.25) is 13.9 Å². The summed E-state index contributed by atoms with van der Waals surface area (Å²) in [5.41, 5.74) is 3.57. The van der Waals surface area contributed by atoms with Gasteiger partial charge in [0.2, 0.25) is 5.78 Å². The van der Waals surface area contributed by atoms with Gasteiger partial charge >= 0.3 is 0 Å². The lowest BCUT2D eigenvalue weighted by Gasteiger charge is -2.17. The highest BCUT2D eigenvalue weighted by Crippen LogP contribution is 2.46. The molecule has 1 aliphatic rings. The maximum absolute atomic E-state index is 12.7. The van der Waals surface area contributed by atoms with Crippen LogP contribution < -0.4 is 5.32 Å². The van der Waals surface area contributed by atoms with Crippen molar-refractivity contribution in [3.05, 3.63) is 47.3 Å². The number of rotatable bonds is 5. The summed E-state index contributed by atoms with van der Waals surface area (Å²) in [6.45, 7) is 7.42. The molecule has 0 aliphatic heterocycles. The Morgan fingerprint density at radius 2 is 2.12 bits per heavy atom. The topological polar surface area (TPSA) is 77.1 Å². The fraction of sp³-hybridized carbons (Fsp3) is 0.444. The predicted octanol–water partition coefficient (Wildman–Crippen LogP) is 2.06. The summed E-state index contributed by atoms with van der Waals surface area (Å²) < 4.78 is 3.79. The second kappa shape index (κ2) is 5.68. The zero-order valence-corrected chi connectivity index (χ0v) is 14.8. The Kier molecular flexibility index (Phi) is 3.59. The minimum absolute atomic E-state index is 0.0994. The molecule has 3 aromatic rings. The van der Waals surface area contributed by atoms with E-state index in [9.17, 15) is 4.79 Å². The summed E-state index contributed by atoms with van der Waals surface area (Å²) >= 11 is 0. The molecule has 0 atom stereocenters. The van der Waals surface area contributed by atoms with Crippen molar-refractivity contribution >= 4 is 11.7 Å². The van der Waals surface area contributed by atoms with Crippen LogP contribution in [-0.2, 0) is 6.54 Å². The highest BCUT2D eigenvalue weighted by molar-refractivity contribution is 5.94. The number of amides is 1. The number of fused-ring (bicyclic) bond motifs is 1. The van der Waals surface area contributed by atoms with Gasteiger partial charge in [-0.25, -0.2) is 9.97 Å². The van der Waals surface area contributed by atoms with Crippen LogP contribution >= 0.6 is 0 Å². The van der Waals surface area contributed by atoms with Crippen molar-refractivity contribution in [1.29, 1.82) is 0 Å². The van der Waals surface area contributed by atoms with Crippen LogP contribution in [0.1, 0.15) is 40.4 Å². The van der Waals surface area contributed by atoms with Gasteiger partial charge in [0.25, 0.3) is 5.91 Å². The number of hydrogen-bond acceptors (Lipinski definition) is 4. The van der Waals surface area contributed by atoms with E-state index < -0.39 is 0 Å². The van der Waals surface area contributed by atoms with Crippen molar-refractivity contribution < 1.29 is 4.79 Å². The first-order valence-electron chi connectivity index (χ1n) is 8.56. The molecule has 1 amide bonds. The third kappa shape index (κ3) is 2.90. The van der Waals surface area contributed by atoms with E-state index in [1.54, 1.807) is 16.7 Å². The Balaban J connectivity index is 1.48. The van der Waals surface area contributed by atoms with Gasteiger partial charge in [0.1, 0.15) is 5.69 Å². The van der Waals surface area contributed by atoms with E-state index >= 15 is 0 Å². The molecule has 0 bridgehead atoms. The van der Waals surface area contributed by atoms with E-state index in [0.29, 0.717) is 23.7 Å². The molecule has 7 heteroatoms. The second-order valence-corrected chi connectivity index (χ2v) is 7.10. The molecule has 0 unspecified atom stereocenters. The van der Waals surface area contributed by atoms with Gasteiger partial charge in [0.15, 0.2) is 0 Å². The average Bonchev–Trinajstić information content (AvgIpc) is 3.14. The Hall–Kier alpha value is -2.70. The van der Waals surface area contributed by atoms with Crippen LogP contribution in [0.4, 0.5) is 0 Å². The van der Waals surface area contributed by atoms with E-state index in [2.05, 4.69) is 38.1 Å². The van der Waals surface area contributed by atoms with Gasteiger partial charge in [-0.15, -0.1) is 0 Å². The molecule has 1 N–H and O–H groups in total. The Morgan fingerprint density at radius 1 is 1.32 bits per heavy atom. The van der Waals surface area contributed by atoms with Crippen LogP contribution in [0, 0.1) is 26.2 Å². The van der Waals surface area contributed by atoms with E-state index in [1.807, 2.05) is 20.0 Å². The maximum atomic E-state index is 12.7. The molecule has 1 aliphatic carbocycles. The largest absolute Gasteiger partial charge is 0.350 e. The van der Waals surface area contributed by atoms with Crippen LogP contribution in [0.2, 0.25) is 0 Å². The average molecular weight is 338 g/mol. The Labute approximate surface area is 146 Å². The zero-order chi connectivity index (χ0) is 17.6. The molecule has 0 saturated heterocycles. The second-order valence-electron chi connectivity index (χ2n) is 7.10. The number of imidazole rings is 1. The molecule has 3 heterocycles. The lowest BCUT2D eigenvalue weighted by Crippen LogP contribution is -2.33. The molecule has 0 spiro atoms. The molecule has 25 heavy (non-hydrogen) atoms. The van der Waals surface area contributed by atoms with Crippen molar-refractivity contribution in [1.82, 2.24) is 29.5 Å². The standard InChI is InChI=1S/C18H22N6O/c1-12-9-13(2)24(22-12)11-18(5-6-18)10-20-16(25)15-14(3)21-17-19-7-4-8-23(15)17/h4,7-9H,5-6,10-11H2,1-3H3,(H,20,25). The zero-order valence-electron chi connectivity index (χ0n) is 14.8. The lowest BCUT2D eigenvalue weighted by molar-refractivity contribution is 0.0935. The van der Waals surface area contributed by atoms with Crippen molar-refractivity contribution in [3.63, 3.8) is 0 Å². The molecule has 3 aromatic heterocycles. The Bertz CT molecular complexity index is 950. The van der Waals surface area contributed by atoms with E-state index in [4.69, 9.17) is 0 Å². The van der Waals surface area contributed by atoms with Crippen LogP contribution in [0.25, 0.3) is 5.78 Å². The normalized spacial score (nSPS) is 15.5. The highest BCUT2D eigenvalue weighted by Gasteiger charge is 2.43. The molecular weight excluding hydrogens is 316 g/mol. The quantitative estimate of drug-likeness (QED) is 0.772. The van der Waals surface area contributed by atoms with Gasteiger partial charge in [-0.1, -0.05) is 0 Å². The summed E-state index contributed by atoms with van der Waals surface area (Å²) in [5, 5.41) is 7.65. The molecule has 4 rings (SSSR count). The van der Waals surface area contributed by atoms with Crippen LogP contribution in [-0.4, -0.2) is 36.6 Å². The first-order valence-corrected chi connectivity index (χ1v) is 8.56. The number of hydrogen-bond donors (Lipinski definition) is 1. The first kappa shape index (κ1) is 15.8. The smallest absolute Gasteiger partial charge is 0.270 e. The number of carbonyl (C=O) groups excluding carboxylic acids is 1. The monoisotopic (exact) mass is 338 g/mol. The third-order valence-electron chi connectivity index (χ3n) is 4.96. The van der Waals surface area contributed by atoms with E-state index in [1.165, 1.54) is 5.69 Å². The van der Waals surface area contributed by atoms with E-state index in [0.717, 1.165) is 25.1 Å². The minimum Gasteiger partial charge on any atom is -0.350 e. The molecule has 0 radical (unpaired) electrons. The van der Waals surface area contributed by atoms with Gasteiger partial charge in [-0.2, -0.15) is 5.10 Å². The molecule has 1 saturated carbocycles. The number of carbonyl (C=O) groups is 1. The van der Waals surface area contributed by atoms with Gasteiger partial charge in [0, 0.05) is 36.6 Å². The van der Waals surface area contributed by atoms with Crippen molar-refractivity contribution in [2.24, 2.45) is 5.41 Å². The summed E-state index contributed by atoms with van der Waals surface area (Å²) in [7, 11) is 0. The van der Waals surface area contributed by atoms with Gasteiger partial charge < -0.3 is 5.32 Å². The number of aryl methyl sites for hydroxylation is 3. The minimum atomic E-state index is -0.0994. The molecule has 1 fully saturated rings. The fourth-order valence-corrected chi connectivity index (χ4v) is 3.34. The summed E-state index contributed by atoms with van der Waals surface area (Å²) in [6, 6.07) is 3.89. The third-order valence-corrected chi connectivity index (χ3v) is 4.96. The lowest BCUT2D eigenvalue weighted by atomic mass is 10.1. The summed E-state index contributed by atoms with van der Waals surface area (Å²) in [4.78, 5) is 21.3. The van der Waals surface area contributed by atoms with Crippen LogP contribution in [0.15, 0.2) is 24.5 Å². The van der Waals surface area contributed by atoms with Crippen molar-refractivity contribution in [2.45, 2.75) is 40.2 Å². The first-order chi connectivity index (χ1) is 12.0. The molecular formula is C18H22N6O. The molecule has 0 aromatic carbocycles. The van der Waals surface area contributed by atoms with Gasteiger partial charge in [-0.05, 0) is 45.7 Å². The van der Waals surface area contributed by atoms with Crippen LogP contribution in [0.3, 0.4) is 0 Å². The van der Waals surface area contributed by atoms with Crippen molar-refractivity contribution in [2.75, 3.05) is 6.54 Å². The maximum Gasteiger partial charge on any atom is 0.270 e. The Morgan fingerprint density at radius 3 is 2.80 bits per heavy atom. The van der Waals surface area contributed by atoms with Crippen LogP contribution in [0.5, 0.6) is 0 Å². The van der Waals surface area contributed by atoms with Gasteiger partial charge in [0.05, 0.1) is 11.4 Å². The predicted molar refractivity (Wildman–Crippen MR) is 93.4 cm³/mol. The van der Waals surface area contributed by atoms with E-state index in [-0.39, 0.29) is 11.3 Å². The number of aromatic nitrogens is 5. The summed E-state index contributed by atoms with van der Waals surface area (Å²) in [6.07, 6.45) is 5.72. The molecule has 130 valence electrons. The highest BCUT2D eigenvalue weighted by atomic mass is 16.2. The SMILES string of the molecule is Cc1cc(C)n(CC2(CNC(=O)c3c(C)nc4ncccn34)CC2)n1.